The standard InChI is InChI=1S/C20H17ClN4O/c1-14(11-15-7-3-2-4-8-15)13-22-25-20(26)19-12-18(23-24-19)16-9-5-6-10-17(16)21/h2-13H,1H3,(H,23,24)(H,25,26)/b14-11+,22-13-. The average Bonchev–Trinajstić information content (AvgIpc) is 3.13. The van der Waals surface area contributed by atoms with Crippen molar-refractivity contribution in [3.05, 3.63) is 82.5 Å². The summed E-state index contributed by atoms with van der Waals surface area (Å²) in [4.78, 5) is 12.2. The molecule has 0 aliphatic rings. The van der Waals surface area contributed by atoms with Crippen LogP contribution in [0.5, 0.6) is 0 Å². The number of nitrogens with zero attached hydrogens (tertiary/aromatic N) is 2. The molecule has 2 aromatic carbocycles. The molecule has 0 radical (unpaired) electrons. The zero-order valence-electron chi connectivity index (χ0n) is 14.1. The molecular formula is C20H17ClN4O. The lowest BCUT2D eigenvalue weighted by Gasteiger charge is -1.98. The van der Waals surface area contributed by atoms with Gasteiger partial charge in [0.1, 0.15) is 5.69 Å². The maximum absolute atomic E-state index is 12.2. The van der Waals surface area contributed by atoms with Gasteiger partial charge in [0.2, 0.25) is 0 Å². The summed E-state index contributed by atoms with van der Waals surface area (Å²) >= 11 is 6.15. The predicted molar refractivity (Wildman–Crippen MR) is 105 cm³/mol. The van der Waals surface area contributed by atoms with Gasteiger partial charge in [0.25, 0.3) is 5.91 Å². The molecule has 0 atom stereocenters. The van der Waals surface area contributed by atoms with Crippen LogP contribution in [0.4, 0.5) is 0 Å². The van der Waals surface area contributed by atoms with E-state index in [0.717, 1.165) is 16.7 Å². The van der Waals surface area contributed by atoms with Crippen LogP contribution in [-0.4, -0.2) is 22.3 Å². The van der Waals surface area contributed by atoms with Crippen molar-refractivity contribution in [3.8, 4) is 11.3 Å². The van der Waals surface area contributed by atoms with E-state index in [4.69, 9.17) is 11.6 Å². The van der Waals surface area contributed by atoms with E-state index in [2.05, 4.69) is 20.7 Å². The van der Waals surface area contributed by atoms with Gasteiger partial charge >= 0.3 is 0 Å². The van der Waals surface area contributed by atoms with E-state index < -0.39 is 0 Å². The van der Waals surface area contributed by atoms with Crippen LogP contribution in [-0.2, 0) is 0 Å². The lowest BCUT2D eigenvalue weighted by molar-refractivity contribution is 0.0950. The number of hydrogen-bond donors (Lipinski definition) is 2. The van der Waals surface area contributed by atoms with E-state index in [1.54, 1.807) is 18.3 Å². The molecule has 130 valence electrons. The summed E-state index contributed by atoms with van der Waals surface area (Å²) in [5.74, 6) is -0.375. The Labute approximate surface area is 156 Å². The van der Waals surface area contributed by atoms with Gasteiger partial charge in [-0.25, -0.2) is 5.43 Å². The van der Waals surface area contributed by atoms with Gasteiger partial charge in [-0.3, -0.25) is 9.89 Å². The SMILES string of the molecule is CC(/C=N\NC(=O)c1cc(-c2ccccc2Cl)n[nH]1)=C\c1ccccc1. The van der Waals surface area contributed by atoms with E-state index >= 15 is 0 Å². The Morgan fingerprint density at radius 1 is 1.15 bits per heavy atom. The molecule has 5 nitrogen and oxygen atoms in total. The Kier molecular flexibility index (Phi) is 5.61. The van der Waals surface area contributed by atoms with Crippen molar-refractivity contribution in [2.24, 2.45) is 5.10 Å². The molecule has 0 saturated carbocycles. The largest absolute Gasteiger partial charge is 0.289 e. The minimum absolute atomic E-state index is 0.307. The number of aromatic nitrogens is 2. The van der Waals surface area contributed by atoms with Crippen LogP contribution < -0.4 is 5.43 Å². The van der Waals surface area contributed by atoms with Crippen LogP contribution >= 0.6 is 11.6 Å². The van der Waals surface area contributed by atoms with E-state index in [9.17, 15) is 4.79 Å². The summed E-state index contributed by atoms with van der Waals surface area (Å²) in [5.41, 5.74) is 6.13. The molecule has 26 heavy (non-hydrogen) atoms. The first-order valence-electron chi connectivity index (χ1n) is 8.00. The van der Waals surface area contributed by atoms with E-state index in [1.807, 2.05) is 61.5 Å². The molecular weight excluding hydrogens is 348 g/mol. The lowest BCUT2D eigenvalue weighted by Crippen LogP contribution is -2.17. The fraction of sp³-hybridized carbons (Fsp3) is 0.0500. The molecule has 0 saturated heterocycles. The number of carbonyl (C=O) groups excluding carboxylic acids is 1. The molecule has 0 bridgehead atoms. The number of rotatable bonds is 5. The summed E-state index contributed by atoms with van der Waals surface area (Å²) in [5, 5.41) is 11.4. The van der Waals surface area contributed by atoms with E-state index in [1.165, 1.54) is 0 Å². The number of benzene rings is 2. The summed E-state index contributed by atoms with van der Waals surface area (Å²) < 4.78 is 0. The Morgan fingerprint density at radius 3 is 2.65 bits per heavy atom. The van der Waals surface area contributed by atoms with Crippen molar-refractivity contribution in [1.82, 2.24) is 15.6 Å². The van der Waals surface area contributed by atoms with Crippen LogP contribution in [0.3, 0.4) is 0 Å². The first kappa shape index (κ1) is 17.6. The van der Waals surface area contributed by atoms with Crippen LogP contribution in [0, 0.1) is 0 Å². The van der Waals surface area contributed by atoms with Crippen molar-refractivity contribution < 1.29 is 4.79 Å². The number of aromatic amines is 1. The average molecular weight is 365 g/mol. The molecule has 0 unspecified atom stereocenters. The number of hydrogen-bond acceptors (Lipinski definition) is 3. The quantitative estimate of drug-likeness (QED) is 0.515. The van der Waals surface area contributed by atoms with E-state index in [-0.39, 0.29) is 5.91 Å². The van der Waals surface area contributed by atoms with Crippen LogP contribution in [0.1, 0.15) is 23.0 Å². The van der Waals surface area contributed by atoms with Crippen molar-refractivity contribution in [2.75, 3.05) is 0 Å². The number of allylic oxidation sites excluding steroid dienone is 1. The first-order valence-corrected chi connectivity index (χ1v) is 8.38. The maximum atomic E-state index is 12.2. The number of halogens is 1. The molecule has 3 aromatic rings. The second-order valence-electron chi connectivity index (χ2n) is 5.64. The van der Waals surface area contributed by atoms with Gasteiger partial charge in [-0.1, -0.05) is 66.2 Å². The Bertz CT molecular complexity index is 961. The van der Waals surface area contributed by atoms with Crippen LogP contribution in [0.25, 0.3) is 17.3 Å². The van der Waals surface area contributed by atoms with Gasteiger partial charge in [-0.15, -0.1) is 0 Å². The summed E-state index contributed by atoms with van der Waals surface area (Å²) in [6.45, 7) is 1.91. The minimum Gasteiger partial charge on any atom is -0.272 e. The summed E-state index contributed by atoms with van der Waals surface area (Å²) in [6.07, 6.45) is 3.57. The fourth-order valence-electron chi connectivity index (χ4n) is 2.35. The van der Waals surface area contributed by atoms with Gasteiger partial charge in [0.15, 0.2) is 0 Å². The molecule has 2 N–H and O–H groups in total. The highest BCUT2D eigenvalue weighted by atomic mass is 35.5. The van der Waals surface area contributed by atoms with Crippen LogP contribution in [0.2, 0.25) is 5.02 Å². The number of nitrogens with one attached hydrogen (secondary N) is 2. The van der Waals surface area contributed by atoms with Crippen molar-refractivity contribution >= 4 is 29.8 Å². The topological polar surface area (TPSA) is 70.1 Å². The Balaban J connectivity index is 1.64. The van der Waals surface area contributed by atoms with Gasteiger partial charge in [-0.05, 0) is 30.2 Å². The third kappa shape index (κ3) is 4.46. The Hall–Kier alpha value is -3.18. The fourth-order valence-corrected chi connectivity index (χ4v) is 2.58. The molecule has 0 aliphatic carbocycles. The highest BCUT2D eigenvalue weighted by Gasteiger charge is 2.12. The van der Waals surface area contributed by atoms with Gasteiger partial charge < -0.3 is 0 Å². The van der Waals surface area contributed by atoms with Gasteiger partial charge in [0, 0.05) is 5.56 Å². The third-order valence-electron chi connectivity index (χ3n) is 3.60. The summed E-state index contributed by atoms with van der Waals surface area (Å²) in [7, 11) is 0. The van der Waals surface area contributed by atoms with E-state index in [0.29, 0.717) is 16.4 Å². The van der Waals surface area contributed by atoms with Crippen molar-refractivity contribution in [3.63, 3.8) is 0 Å². The molecule has 1 aromatic heterocycles. The van der Waals surface area contributed by atoms with Crippen molar-refractivity contribution in [1.29, 1.82) is 0 Å². The van der Waals surface area contributed by atoms with Gasteiger partial charge in [-0.2, -0.15) is 10.2 Å². The van der Waals surface area contributed by atoms with Crippen molar-refractivity contribution in [2.45, 2.75) is 6.92 Å². The monoisotopic (exact) mass is 364 g/mol. The summed E-state index contributed by atoms with van der Waals surface area (Å²) in [6, 6.07) is 18.8. The zero-order valence-corrected chi connectivity index (χ0v) is 14.9. The van der Waals surface area contributed by atoms with Crippen LogP contribution in [0.15, 0.2) is 71.3 Å². The smallest absolute Gasteiger partial charge is 0.272 e. The minimum atomic E-state index is -0.375. The maximum Gasteiger partial charge on any atom is 0.289 e. The molecule has 0 aliphatic heterocycles. The number of carbonyl (C=O) groups is 1. The molecule has 0 spiro atoms. The number of hydrazone groups is 1. The third-order valence-corrected chi connectivity index (χ3v) is 3.93. The number of H-pyrrole nitrogens is 1. The molecule has 1 heterocycles. The second kappa shape index (κ2) is 8.27. The first-order chi connectivity index (χ1) is 12.6. The lowest BCUT2D eigenvalue weighted by atomic mass is 10.1. The van der Waals surface area contributed by atoms with Gasteiger partial charge in [0.05, 0.1) is 16.9 Å². The molecule has 0 fully saturated rings. The highest BCUT2D eigenvalue weighted by Crippen LogP contribution is 2.26. The molecule has 6 heteroatoms. The second-order valence-corrected chi connectivity index (χ2v) is 6.05. The normalized spacial score (nSPS) is 11.7. The predicted octanol–water partition coefficient (Wildman–Crippen LogP) is 4.55. The molecule has 3 rings (SSSR count). The number of amides is 1. The highest BCUT2D eigenvalue weighted by molar-refractivity contribution is 6.33. The molecule has 1 amide bonds. The zero-order chi connectivity index (χ0) is 18.4. The Morgan fingerprint density at radius 2 is 1.88 bits per heavy atom.